The molecule has 1 aromatic carbocycles. The molecule has 1 atom stereocenters. The van der Waals surface area contributed by atoms with Crippen molar-refractivity contribution in [1.82, 2.24) is 24.3 Å². The third kappa shape index (κ3) is 4.86. The number of fused-ring (bicyclic) bond motifs is 1. The third-order valence-corrected chi connectivity index (χ3v) is 6.23. The van der Waals surface area contributed by atoms with Gasteiger partial charge in [0.05, 0.1) is 30.2 Å². The Bertz CT molecular complexity index is 1500. The number of aromatic nitrogens is 4. The molecule has 4 heterocycles. The van der Waals surface area contributed by atoms with Crippen molar-refractivity contribution in [1.29, 1.82) is 0 Å². The fraction of sp³-hybridized carbons (Fsp3) is 0.250. The highest BCUT2D eigenvalue weighted by atomic mass is 16.5. The van der Waals surface area contributed by atoms with Crippen molar-refractivity contribution in [2.75, 3.05) is 25.0 Å². The number of benzene rings is 1. The van der Waals surface area contributed by atoms with Crippen molar-refractivity contribution in [2.45, 2.75) is 26.2 Å². The number of anilines is 1. The third-order valence-electron chi connectivity index (χ3n) is 6.23. The van der Waals surface area contributed by atoms with Crippen LogP contribution in [0.2, 0.25) is 0 Å². The van der Waals surface area contributed by atoms with Gasteiger partial charge in [0, 0.05) is 36.3 Å². The van der Waals surface area contributed by atoms with Crippen molar-refractivity contribution in [3.8, 4) is 29.0 Å². The second-order valence-corrected chi connectivity index (χ2v) is 8.58. The first-order valence-corrected chi connectivity index (χ1v) is 12.1. The van der Waals surface area contributed by atoms with Crippen molar-refractivity contribution in [3.05, 3.63) is 72.4 Å². The van der Waals surface area contributed by atoms with Crippen LogP contribution in [0.15, 0.2) is 61.1 Å². The number of likely N-dealkylation sites (tertiary alicyclic amines) is 1. The van der Waals surface area contributed by atoms with Gasteiger partial charge in [-0.2, -0.15) is 0 Å². The summed E-state index contributed by atoms with van der Waals surface area (Å²) in [6.45, 7) is 5.22. The molecule has 2 amide bonds. The van der Waals surface area contributed by atoms with E-state index in [1.165, 1.54) is 0 Å². The predicted octanol–water partition coefficient (Wildman–Crippen LogP) is 3.78. The molecule has 9 heteroatoms. The zero-order valence-corrected chi connectivity index (χ0v) is 20.6. The SMILES string of the molecule is CC#CC(=O)N1CC[C@@H](c2nc(-c3ccc(C(=O)Nc4ccccn4)cc3)c3cncc(OCC)n23)C1. The summed E-state index contributed by atoms with van der Waals surface area (Å²) in [5, 5.41) is 2.79. The molecule has 1 fully saturated rings. The van der Waals surface area contributed by atoms with Crippen LogP contribution in [0.5, 0.6) is 5.88 Å². The highest BCUT2D eigenvalue weighted by Gasteiger charge is 2.31. The number of nitrogens with zero attached hydrogens (tertiary/aromatic N) is 5. The van der Waals surface area contributed by atoms with E-state index in [0.717, 1.165) is 29.0 Å². The zero-order valence-electron chi connectivity index (χ0n) is 20.6. The molecule has 0 aliphatic carbocycles. The molecule has 0 radical (unpaired) electrons. The van der Waals surface area contributed by atoms with Gasteiger partial charge in [0.25, 0.3) is 11.8 Å². The molecule has 4 aromatic rings. The Hall–Kier alpha value is -4.71. The minimum atomic E-state index is -0.244. The normalized spacial score (nSPS) is 14.8. The van der Waals surface area contributed by atoms with Crippen LogP contribution < -0.4 is 10.1 Å². The minimum absolute atomic E-state index is 0.0221. The van der Waals surface area contributed by atoms with Crippen LogP contribution in [0.4, 0.5) is 5.82 Å². The molecule has 9 nitrogen and oxygen atoms in total. The molecule has 3 aromatic heterocycles. The van der Waals surface area contributed by atoms with Gasteiger partial charge in [0.2, 0.25) is 5.88 Å². The summed E-state index contributed by atoms with van der Waals surface area (Å²) in [5.41, 5.74) is 2.88. The molecule has 0 unspecified atom stereocenters. The fourth-order valence-electron chi connectivity index (χ4n) is 4.51. The Morgan fingerprint density at radius 1 is 1.16 bits per heavy atom. The number of nitrogens with one attached hydrogen (secondary N) is 1. The molecular formula is C28H26N6O3. The van der Waals surface area contributed by atoms with Crippen LogP contribution >= 0.6 is 0 Å². The highest BCUT2D eigenvalue weighted by molar-refractivity contribution is 6.04. The van der Waals surface area contributed by atoms with Gasteiger partial charge in [-0.3, -0.25) is 19.0 Å². The Labute approximate surface area is 214 Å². The molecule has 5 rings (SSSR count). The smallest absolute Gasteiger partial charge is 0.298 e. The van der Waals surface area contributed by atoms with Gasteiger partial charge in [-0.25, -0.2) is 9.97 Å². The van der Waals surface area contributed by atoms with Crippen LogP contribution in [0.25, 0.3) is 16.8 Å². The molecule has 186 valence electrons. The maximum atomic E-state index is 12.7. The van der Waals surface area contributed by atoms with Gasteiger partial charge in [0.1, 0.15) is 11.6 Å². The van der Waals surface area contributed by atoms with Crippen molar-refractivity contribution >= 4 is 23.1 Å². The summed E-state index contributed by atoms with van der Waals surface area (Å²) in [6.07, 6.45) is 5.84. The lowest BCUT2D eigenvalue weighted by Gasteiger charge is -2.14. The van der Waals surface area contributed by atoms with Gasteiger partial charge >= 0.3 is 0 Å². The second-order valence-electron chi connectivity index (χ2n) is 8.58. The van der Waals surface area contributed by atoms with Gasteiger partial charge < -0.3 is 15.0 Å². The fourth-order valence-corrected chi connectivity index (χ4v) is 4.51. The first-order chi connectivity index (χ1) is 18.1. The largest absolute Gasteiger partial charge is 0.478 e. The minimum Gasteiger partial charge on any atom is -0.478 e. The molecule has 37 heavy (non-hydrogen) atoms. The Kier molecular flexibility index (Phi) is 6.81. The summed E-state index contributed by atoms with van der Waals surface area (Å²) in [6, 6.07) is 12.6. The number of ether oxygens (including phenoxy) is 1. The van der Waals surface area contributed by atoms with E-state index in [1.807, 2.05) is 29.5 Å². The molecule has 1 saturated heterocycles. The molecular weight excluding hydrogens is 468 g/mol. The lowest BCUT2D eigenvalue weighted by Crippen LogP contribution is -2.27. The number of amides is 2. The summed E-state index contributed by atoms with van der Waals surface area (Å²) >= 11 is 0. The number of hydrogen-bond donors (Lipinski definition) is 1. The monoisotopic (exact) mass is 494 g/mol. The van der Waals surface area contributed by atoms with E-state index in [2.05, 4.69) is 27.1 Å². The van der Waals surface area contributed by atoms with Crippen molar-refractivity contribution in [2.24, 2.45) is 0 Å². The summed E-state index contributed by atoms with van der Waals surface area (Å²) in [4.78, 5) is 40.3. The van der Waals surface area contributed by atoms with Crippen LogP contribution in [0.1, 0.15) is 42.4 Å². The number of rotatable bonds is 6. The van der Waals surface area contributed by atoms with Crippen molar-refractivity contribution < 1.29 is 14.3 Å². The molecule has 0 spiro atoms. The quantitative estimate of drug-likeness (QED) is 0.410. The number of pyridine rings is 1. The lowest BCUT2D eigenvalue weighted by atomic mass is 10.1. The standard InChI is InChI=1S/C28H26N6O3/c1-3-7-24(35)33-15-13-21(18-33)27-32-26(22-16-29-17-25(34(22)27)37-4-2)19-9-11-20(12-10-19)28(36)31-23-8-5-6-14-30-23/h5-6,8-12,14,16-17,21H,4,13,15,18H2,1-2H3,(H,30,31,36)/t21-/m1/s1. The van der Waals surface area contributed by atoms with E-state index >= 15 is 0 Å². The molecule has 0 saturated carbocycles. The number of carbonyl (C=O) groups excluding carboxylic acids is 2. The van der Waals surface area contributed by atoms with Crippen LogP contribution in [-0.4, -0.2) is 55.8 Å². The predicted molar refractivity (Wildman–Crippen MR) is 139 cm³/mol. The van der Waals surface area contributed by atoms with Gasteiger partial charge in [-0.05, 0) is 50.5 Å². The first-order valence-electron chi connectivity index (χ1n) is 12.1. The second kappa shape index (κ2) is 10.5. The molecule has 0 bridgehead atoms. The van der Waals surface area contributed by atoms with Gasteiger partial charge in [-0.15, -0.1) is 0 Å². The lowest BCUT2D eigenvalue weighted by molar-refractivity contribution is -0.124. The summed E-state index contributed by atoms with van der Waals surface area (Å²) in [5.74, 6) is 6.82. The van der Waals surface area contributed by atoms with Gasteiger partial charge in [0.15, 0.2) is 0 Å². The van der Waals surface area contributed by atoms with E-state index in [-0.39, 0.29) is 17.7 Å². The topological polar surface area (TPSA) is 102 Å². The van der Waals surface area contributed by atoms with E-state index in [1.54, 1.807) is 54.7 Å². The average Bonchev–Trinajstić information content (AvgIpc) is 3.56. The maximum Gasteiger partial charge on any atom is 0.298 e. The zero-order chi connectivity index (χ0) is 25.8. The van der Waals surface area contributed by atoms with Crippen LogP contribution in [0, 0.1) is 11.8 Å². The van der Waals surface area contributed by atoms with E-state index in [9.17, 15) is 9.59 Å². The van der Waals surface area contributed by atoms with E-state index in [0.29, 0.717) is 37.0 Å². The number of carbonyl (C=O) groups is 2. The molecule has 1 N–H and O–H groups in total. The van der Waals surface area contributed by atoms with E-state index < -0.39 is 0 Å². The van der Waals surface area contributed by atoms with Gasteiger partial charge in [-0.1, -0.05) is 24.1 Å². The van der Waals surface area contributed by atoms with E-state index in [4.69, 9.17) is 9.72 Å². The average molecular weight is 495 g/mol. The first kappa shape index (κ1) is 24.0. The summed E-state index contributed by atoms with van der Waals surface area (Å²) in [7, 11) is 0. The Balaban J connectivity index is 1.48. The van der Waals surface area contributed by atoms with Crippen LogP contribution in [-0.2, 0) is 4.79 Å². The maximum absolute atomic E-state index is 12.7. The van der Waals surface area contributed by atoms with Crippen LogP contribution in [0.3, 0.4) is 0 Å². The van der Waals surface area contributed by atoms with Crippen molar-refractivity contribution in [3.63, 3.8) is 0 Å². The Morgan fingerprint density at radius 3 is 2.73 bits per heavy atom. The number of hydrogen-bond acceptors (Lipinski definition) is 6. The molecule has 1 aliphatic heterocycles. The highest BCUT2D eigenvalue weighted by Crippen LogP contribution is 2.34. The molecule has 1 aliphatic rings. The Morgan fingerprint density at radius 2 is 2.00 bits per heavy atom. The summed E-state index contributed by atoms with van der Waals surface area (Å²) < 4.78 is 7.87. The number of imidazole rings is 1.